The molecule has 0 saturated heterocycles. The van der Waals surface area contributed by atoms with Crippen molar-refractivity contribution in [3.8, 4) is 6.07 Å². The number of benzene rings is 2. The van der Waals surface area contributed by atoms with Crippen molar-refractivity contribution in [2.24, 2.45) is 27.0 Å². The number of hydrogen-bond acceptors (Lipinski definition) is 4. The van der Waals surface area contributed by atoms with Gasteiger partial charge in [-0.1, -0.05) is 51.6 Å². The van der Waals surface area contributed by atoms with E-state index in [9.17, 15) is 14.4 Å². The summed E-state index contributed by atoms with van der Waals surface area (Å²) in [4.78, 5) is 13.4. The largest absolute Gasteiger partial charge is 0.324 e. The molecule has 0 heterocycles. The van der Waals surface area contributed by atoms with Gasteiger partial charge in [0.1, 0.15) is 11.9 Å². The number of azo groups is 1. The zero-order chi connectivity index (χ0) is 24.2. The highest BCUT2D eigenvalue weighted by molar-refractivity contribution is 5.97. The van der Waals surface area contributed by atoms with Crippen molar-refractivity contribution >= 4 is 17.3 Å². The van der Waals surface area contributed by atoms with Gasteiger partial charge in [-0.25, -0.2) is 4.39 Å². The molecule has 1 fully saturated rings. The van der Waals surface area contributed by atoms with Crippen LogP contribution in [0.2, 0.25) is 0 Å². The van der Waals surface area contributed by atoms with Crippen molar-refractivity contribution in [2.75, 3.05) is 12.4 Å². The summed E-state index contributed by atoms with van der Waals surface area (Å²) >= 11 is 0. The van der Waals surface area contributed by atoms with Crippen molar-refractivity contribution in [2.45, 2.75) is 33.6 Å². The average molecular weight is 445 g/mol. The Bertz CT molecular complexity index is 1170. The predicted octanol–water partition coefficient (Wildman–Crippen LogP) is 6.76. The molecule has 0 unspecified atom stereocenters. The standard InChI is InChI=1S/C27H29FN4O/c1-18(16-24(32-30-5)20-11-7-8-12-22(20)28)21-14-15-27(4,26(21,2)3)25(33)31-23-13-9-6-10-19(23)17-29/h6-13,16,21H,1,14-15H2,2-5H3,(H,31,33)/b24-16-,32-30-/t21-,27-/m0/s1. The Labute approximate surface area is 194 Å². The molecule has 2 atom stereocenters. The van der Waals surface area contributed by atoms with Crippen LogP contribution < -0.4 is 5.32 Å². The van der Waals surface area contributed by atoms with E-state index in [1.54, 1.807) is 48.5 Å². The van der Waals surface area contributed by atoms with E-state index in [1.165, 1.54) is 13.1 Å². The summed E-state index contributed by atoms with van der Waals surface area (Å²) in [5.41, 5.74) is 1.32. The topological polar surface area (TPSA) is 77.6 Å². The van der Waals surface area contributed by atoms with Crippen molar-refractivity contribution in [1.29, 1.82) is 5.26 Å². The Morgan fingerprint density at radius 1 is 1.21 bits per heavy atom. The number of carbonyl (C=O) groups excluding carboxylic acids is 1. The monoisotopic (exact) mass is 444 g/mol. The smallest absolute Gasteiger partial charge is 0.230 e. The van der Waals surface area contributed by atoms with Crippen LogP contribution in [0.1, 0.15) is 44.7 Å². The fourth-order valence-electron chi connectivity index (χ4n) is 4.72. The molecule has 1 aliphatic rings. The Morgan fingerprint density at radius 2 is 1.88 bits per heavy atom. The second kappa shape index (κ2) is 9.50. The van der Waals surface area contributed by atoms with Crippen LogP contribution >= 0.6 is 0 Å². The fourth-order valence-corrected chi connectivity index (χ4v) is 4.72. The summed E-state index contributed by atoms with van der Waals surface area (Å²) in [6.07, 6.45) is 3.18. The molecule has 0 radical (unpaired) electrons. The Kier molecular flexibility index (Phi) is 6.92. The zero-order valence-electron chi connectivity index (χ0n) is 19.5. The first-order valence-electron chi connectivity index (χ1n) is 10.9. The molecule has 1 saturated carbocycles. The first-order chi connectivity index (χ1) is 15.7. The SMILES string of the molecule is C=C(/C=C(\N=N/C)c1ccccc1F)[C@@H]1CC[C@@](C)(C(=O)Nc2ccccc2C#N)C1(C)C. The van der Waals surface area contributed by atoms with Gasteiger partial charge in [0.25, 0.3) is 0 Å². The van der Waals surface area contributed by atoms with E-state index in [1.807, 2.05) is 6.92 Å². The minimum Gasteiger partial charge on any atom is -0.324 e. The van der Waals surface area contributed by atoms with E-state index in [4.69, 9.17) is 0 Å². The minimum absolute atomic E-state index is 0.0201. The Morgan fingerprint density at radius 3 is 2.55 bits per heavy atom. The van der Waals surface area contributed by atoms with E-state index in [-0.39, 0.29) is 17.6 Å². The summed E-state index contributed by atoms with van der Waals surface area (Å²) in [6, 6.07) is 15.5. The number of nitrogens with zero attached hydrogens (tertiary/aromatic N) is 3. The third kappa shape index (κ3) is 4.49. The van der Waals surface area contributed by atoms with Gasteiger partial charge in [0.2, 0.25) is 5.91 Å². The molecule has 1 N–H and O–H groups in total. The number of anilines is 1. The van der Waals surface area contributed by atoms with Crippen molar-refractivity contribution in [1.82, 2.24) is 0 Å². The van der Waals surface area contributed by atoms with Crippen LogP contribution in [-0.2, 0) is 4.79 Å². The van der Waals surface area contributed by atoms with E-state index < -0.39 is 10.8 Å². The second-order valence-electron chi connectivity index (χ2n) is 9.14. The third-order valence-corrected chi connectivity index (χ3v) is 7.15. The van der Waals surface area contributed by atoms with Gasteiger partial charge in [-0.3, -0.25) is 4.79 Å². The van der Waals surface area contributed by atoms with Gasteiger partial charge < -0.3 is 5.32 Å². The van der Waals surface area contributed by atoms with E-state index in [0.29, 0.717) is 28.9 Å². The summed E-state index contributed by atoms with van der Waals surface area (Å²) in [5.74, 6) is -0.527. The molecule has 33 heavy (non-hydrogen) atoms. The van der Waals surface area contributed by atoms with Crippen LogP contribution in [0.5, 0.6) is 0 Å². The van der Waals surface area contributed by atoms with Gasteiger partial charge >= 0.3 is 0 Å². The predicted molar refractivity (Wildman–Crippen MR) is 129 cm³/mol. The Balaban J connectivity index is 1.89. The number of para-hydroxylation sites is 1. The zero-order valence-corrected chi connectivity index (χ0v) is 19.5. The lowest BCUT2D eigenvalue weighted by Gasteiger charge is -2.41. The molecular formula is C27H29FN4O. The first-order valence-corrected chi connectivity index (χ1v) is 10.9. The Hall–Kier alpha value is -3.59. The quantitative estimate of drug-likeness (QED) is 0.395. The van der Waals surface area contributed by atoms with Crippen LogP contribution in [0.25, 0.3) is 5.70 Å². The number of rotatable bonds is 6. The van der Waals surface area contributed by atoms with Gasteiger partial charge in [-0.2, -0.15) is 15.5 Å². The van der Waals surface area contributed by atoms with Crippen molar-refractivity contribution < 1.29 is 9.18 Å². The molecule has 0 spiro atoms. The molecule has 2 aromatic rings. The minimum atomic E-state index is -0.693. The molecule has 0 bridgehead atoms. The number of allylic oxidation sites excluding steroid dienone is 2. The maximum absolute atomic E-state index is 14.4. The summed E-state index contributed by atoms with van der Waals surface area (Å²) in [5, 5.41) is 20.3. The maximum atomic E-state index is 14.4. The molecular weight excluding hydrogens is 415 g/mol. The number of carbonyl (C=O) groups is 1. The molecule has 170 valence electrons. The molecule has 0 aliphatic heterocycles. The average Bonchev–Trinajstić information content (AvgIpc) is 3.04. The second-order valence-corrected chi connectivity index (χ2v) is 9.14. The van der Waals surface area contributed by atoms with Crippen molar-refractivity contribution in [3.05, 3.63) is 83.7 Å². The van der Waals surface area contributed by atoms with Crippen LogP contribution in [0.4, 0.5) is 10.1 Å². The molecule has 2 aromatic carbocycles. The lowest BCUT2D eigenvalue weighted by Crippen LogP contribution is -2.44. The van der Waals surface area contributed by atoms with Crippen LogP contribution in [-0.4, -0.2) is 13.0 Å². The number of hydrogen-bond donors (Lipinski definition) is 1. The van der Waals surface area contributed by atoms with Gasteiger partial charge in [0, 0.05) is 12.6 Å². The number of amides is 1. The van der Waals surface area contributed by atoms with Gasteiger partial charge in [-0.15, -0.1) is 0 Å². The van der Waals surface area contributed by atoms with E-state index in [0.717, 1.165) is 12.0 Å². The van der Waals surface area contributed by atoms with Crippen molar-refractivity contribution in [3.63, 3.8) is 0 Å². The van der Waals surface area contributed by atoms with Gasteiger partial charge in [-0.05, 0) is 60.1 Å². The van der Waals surface area contributed by atoms with Crippen LogP contribution in [0, 0.1) is 33.9 Å². The molecule has 6 heteroatoms. The highest BCUT2D eigenvalue weighted by Crippen LogP contribution is 2.58. The normalized spacial score (nSPS) is 22.2. The first kappa shape index (κ1) is 24.1. The fraction of sp³-hybridized carbons (Fsp3) is 0.333. The van der Waals surface area contributed by atoms with E-state index >= 15 is 0 Å². The maximum Gasteiger partial charge on any atom is 0.230 e. The summed E-state index contributed by atoms with van der Waals surface area (Å²) < 4.78 is 14.4. The summed E-state index contributed by atoms with van der Waals surface area (Å²) in [6.45, 7) is 10.3. The number of nitriles is 1. The van der Waals surface area contributed by atoms with Gasteiger partial charge in [0.15, 0.2) is 0 Å². The van der Waals surface area contributed by atoms with Crippen LogP contribution in [0.3, 0.4) is 0 Å². The molecule has 1 aliphatic carbocycles. The number of halogens is 1. The third-order valence-electron chi connectivity index (χ3n) is 7.15. The number of nitrogens with one attached hydrogen (secondary N) is 1. The van der Waals surface area contributed by atoms with Gasteiger partial charge in [0.05, 0.1) is 22.4 Å². The molecule has 1 amide bonds. The highest BCUT2D eigenvalue weighted by atomic mass is 19.1. The molecule has 5 nitrogen and oxygen atoms in total. The van der Waals surface area contributed by atoms with Crippen LogP contribution in [0.15, 0.2) is 77.0 Å². The lowest BCUT2D eigenvalue weighted by molar-refractivity contribution is -0.130. The molecule has 3 rings (SSSR count). The lowest BCUT2D eigenvalue weighted by atomic mass is 9.63. The molecule has 0 aromatic heterocycles. The van der Waals surface area contributed by atoms with E-state index in [2.05, 4.69) is 42.0 Å². The summed E-state index contributed by atoms with van der Waals surface area (Å²) in [7, 11) is 1.54. The highest BCUT2D eigenvalue weighted by Gasteiger charge is 2.56.